The molecule has 1 saturated carbocycles. The van der Waals surface area contributed by atoms with E-state index in [1.165, 1.54) is 43.4 Å². The average Bonchev–Trinajstić information content (AvgIpc) is 2.80. The maximum Gasteiger partial charge on any atom is 0.266 e. The van der Waals surface area contributed by atoms with Gasteiger partial charge in [0.15, 0.2) is 0 Å². The molecular formula is C16H25N3OS. The number of thiophene rings is 1. The molecular weight excluding hydrogens is 282 g/mol. The van der Waals surface area contributed by atoms with Crippen molar-refractivity contribution >= 4 is 22.9 Å². The second-order valence-electron chi connectivity index (χ2n) is 6.18. The standard InChI is InChI=1S/C16H25N3OS/c17-14-7-12-21-15(14)16(20)19-9-4-8-18(10-11-19)13-5-2-1-3-6-13/h7,12-13H,1-6,8-11,17H2. The molecule has 2 heterocycles. The first-order valence-electron chi connectivity index (χ1n) is 8.12. The van der Waals surface area contributed by atoms with Crippen molar-refractivity contribution in [2.75, 3.05) is 31.9 Å². The summed E-state index contributed by atoms with van der Waals surface area (Å²) < 4.78 is 0. The summed E-state index contributed by atoms with van der Waals surface area (Å²) in [5.74, 6) is 0.119. The fourth-order valence-corrected chi connectivity index (χ4v) is 4.37. The summed E-state index contributed by atoms with van der Waals surface area (Å²) in [4.78, 5) is 17.9. The number of amides is 1. The number of carbonyl (C=O) groups is 1. The number of anilines is 1. The highest BCUT2D eigenvalue weighted by atomic mass is 32.1. The second kappa shape index (κ2) is 6.79. The van der Waals surface area contributed by atoms with Crippen LogP contribution in [0.4, 0.5) is 5.69 Å². The molecule has 3 rings (SSSR count). The van der Waals surface area contributed by atoms with Gasteiger partial charge in [-0.25, -0.2) is 0 Å². The zero-order valence-electron chi connectivity index (χ0n) is 12.6. The molecule has 1 aromatic rings. The van der Waals surface area contributed by atoms with Gasteiger partial charge in [-0.05, 0) is 30.7 Å². The van der Waals surface area contributed by atoms with E-state index in [-0.39, 0.29) is 5.91 Å². The number of rotatable bonds is 2. The largest absolute Gasteiger partial charge is 0.397 e. The number of hydrogen-bond acceptors (Lipinski definition) is 4. The molecule has 1 amide bonds. The van der Waals surface area contributed by atoms with Gasteiger partial charge in [0.25, 0.3) is 5.91 Å². The fraction of sp³-hybridized carbons (Fsp3) is 0.688. The zero-order valence-corrected chi connectivity index (χ0v) is 13.4. The van der Waals surface area contributed by atoms with Crippen LogP contribution in [0.5, 0.6) is 0 Å². The van der Waals surface area contributed by atoms with Crippen LogP contribution in [0.3, 0.4) is 0 Å². The molecule has 0 spiro atoms. The molecule has 2 N–H and O–H groups in total. The minimum atomic E-state index is 0.119. The predicted molar refractivity (Wildman–Crippen MR) is 87.7 cm³/mol. The first-order chi connectivity index (χ1) is 10.3. The SMILES string of the molecule is Nc1ccsc1C(=O)N1CCCN(C2CCCCC2)CC1. The molecule has 1 aliphatic heterocycles. The van der Waals surface area contributed by atoms with Gasteiger partial charge < -0.3 is 10.6 Å². The van der Waals surface area contributed by atoms with E-state index in [0.29, 0.717) is 10.6 Å². The molecule has 2 fully saturated rings. The third kappa shape index (κ3) is 3.40. The van der Waals surface area contributed by atoms with Gasteiger partial charge in [0.2, 0.25) is 0 Å². The molecule has 0 atom stereocenters. The van der Waals surface area contributed by atoms with Crippen LogP contribution in [-0.2, 0) is 0 Å². The lowest BCUT2D eigenvalue weighted by atomic mass is 9.94. The van der Waals surface area contributed by atoms with E-state index in [4.69, 9.17) is 5.73 Å². The third-order valence-corrected chi connectivity index (χ3v) is 5.72. The minimum Gasteiger partial charge on any atom is -0.397 e. The van der Waals surface area contributed by atoms with Gasteiger partial charge in [-0.1, -0.05) is 19.3 Å². The van der Waals surface area contributed by atoms with Crippen molar-refractivity contribution in [1.82, 2.24) is 9.80 Å². The molecule has 0 aromatic carbocycles. The number of nitrogens with zero attached hydrogens (tertiary/aromatic N) is 2. The van der Waals surface area contributed by atoms with Gasteiger partial charge in [-0.15, -0.1) is 11.3 Å². The van der Waals surface area contributed by atoms with E-state index in [9.17, 15) is 4.79 Å². The molecule has 5 heteroatoms. The zero-order chi connectivity index (χ0) is 14.7. The summed E-state index contributed by atoms with van der Waals surface area (Å²) in [5.41, 5.74) is 6.51. The first kappa shape index (κ1) is 14.9. The molecule has 1 aliphatic carbocycles. The van der Waals surface area contributed by atoms with Crippen LogP contribution in [0, 0.1) is 0 Å². The lowest BCUT2D eigenvalue weighted by molar-refractivity contribution is 0.0761. The van der Waals surface area contributed by atoms with Gasteiger partial charge in [0, 0.05) is 32.2 Å². The normalized spacial score (nSPS) is 22.2. The molecule has 4 nitrogen and oxygen atoms in total. The predicted octanol–water partition coefficient (Wildman–Crippen LogP) is 2.81. The van der Waals surface area contributed by atoms with E-state index in [1.54, 1.807) is 0 Å². The Hall–Kier alpha value is -1.07. The molecule has 21 heavy (non-hydrogen) atoms. The number of nitrogens with two attached hydrogens (primary N) is 1. The van der Waals surface area contributed by atoms with E-state index >= 15 is 0 Å². The topological polar surface area (TPSA) is 49.6 Å². The highest BCUT2D eigenvalue weighted by molar-refractivity contribution is 7.12. The van der Waals surface area contributed by atoms with Crippen molar-refractivity contribution in [3.63, 3.8) is 0 Å². The van der Waals surface area contributed by atoms with E-state index in [2.05, 4.69) is 4.90 Å². The van der Waals surface area contributed by atoms with Gasteiger partial charge >= 0.3 is 0 Å². The van der Waals surface area contributed by atoms with E-state index in [0.717, 1.165) is 38.6 Å². The quantitative estimate of drug-likeness (QED) is 0.914. The Labute approximate surface area is 130 Å². The Morgan fingerprint density at radius 1 is 1.10 bits per heavy atom. The first-order valence-corrected chi connectivity index (χ1v) is 9.00. The summed E-state index contributed by atoms with van der Waals surface area (Å²) in [6.07, 6.45) is 7.89. The van der Waals surface area contributed by atoms with Gasteiger partial charge in [0.05, 0.1) is 5.69 Å². The molecule has 1 saturated heterocycles. The smallest absolute Gasteiger partial charge is 0.266 e. The van der Waals surface area contributed by atoms with Crippen LogP contribution in [0.25, 0.3) is 0 Å². The number of nitrogen functional groups attached to an aromatic ring is 1. The lowest BCUT2D eigenvalue weighted by Gasteiger charge is -2.33. The van der Waals surface area contributed by atoms with Crippen LogP contribution in [0.2, 0.25) is 0 Å². The maximum atomic E-state index is 12.6. The Kier molecular flexibility index (Phi) is 4.80. The van der Waals surface area contributed by atoms with Crippen molar-refractivity contribution < 1.29 is 4.79 Å². The van der Waals surface area contributed by atoms with Crippen LogP contribution in [-0.4, -0.2) is 47.9 Å². The Balaban J connectivity index is 1.60. The summed E-state index contributed by atoms with van der Waals surface area (Å²) in [5, 5.41) is 1.90. The fourth-order valence-electron chi connectivity index (χ4n) is 3.59. The maximum absolute atomic E-state index is 12.6. The summed E-state index contributed by atoms with van der Waals surface area (Å²) >= 11 is 1.46. The van der Waals surface area contributed by atoms with Crippen LogP contribution in [0.1, 0.15) is 48.2 Å². The van der Waals surface area contributed by atoms with Crippen LogP contribution >= 0.6 is 11.3 Å². The molecule has 2 aliphatic rings. The molecule has 0 unspecified atom stereocenters. The van der Waals surface area contributed by atoms with Gasteiger partial charge in [-0.3, -0.25) is 9.69 Å². The van der Waals surface area contributed by atoms with E-state index < -0.39 is 0 Å². The minimum absolute atomic E-state index is 0.119. The Bertz CT molecular complexity index is 482. The monoisotopic (exact) mass is 307 g/mol. The highest BCUT2D eigenvalue weighted by Gasteiger charge is 2.26. The highest BCUT2D eigenvalue weighted by Crippen LogP contribution is 2.25. The lowest BCUT2D eigenvalue weighted by Crippen LogP contribution is -2.40. The number of hydrogen-bond donors (Lipinski definition) is 1. The second-order valence-corrected chi connectivity index (χ2v) is 7.09. The molecule has 1 aromatic heterocycles. The average molecular weight is 307 g/mol. The van der Waals surface area contributed by atoms with Crippen molar-refractivity contribution in [2.24, 2.45) is 0 Å². The van der Waals surface area contributed by atoms with Crippen molar-refractivity contribution in [1.29, 1.82) is 0 Å². The van der Waals surface area contributed by atoms with Crippen molar-refractivity contribution in [3.8, 4) is 0 Å². The van der Waals surface area contributed by atoms with E-state index in [1.807, 2.05) is 16.3 Å². The van der Waals surface area contributed by atoms with Crippen molar-refractivity contribution in [2.45, 2.75) is 44.6 Å². The Morgan fingerprint density at radius 3 is 2.62 bits per heavy atom. The van der Waals surface area contributed by atoms with Crippen LogP contribution in [0.15, 0.2) is 11.4 Å². The molecule has 0 bridgehead atoms. The number of carbonyl (C=O) groups excluding carboxylic acids is 1. The summed E-state index contributed by atoms with van der Waals surface area (Å²) in [7, 11) is 0. The molecule has 116 valence electrons. The van der Waals surface area contributed by atoms with Crippen LogP contribution < -0.4 is 5.73 Å². The van der Waals surface area contributed by atoms with Gasteiger partial charge in [0.1, 0.15) is 4.88 Å². The third-order valence-electron chi connectivity index (χ3n) is 4.80. The summed E-state index contributed by atoms with van der Waals surface area (Å²) in [6.45, 7) is 3.85. The Morgan fingerprint density at radius 2 is 1.90 bits per heavy atom. The van der Waals surface area contributed by atoms with Crippen molar-refractivity contribution in [3.05, 3.63) is 16.3 Å². The van der Waals surface area contributed by atoms with Gasteiger partial charge in [-0.2, -0.15) is 0 Å². The molecule has 0 radical (unpaired) electrons. The summed E-state index contributed by atoms with van der Waals surface area (Å²) in [6, 6.07) is 2.57.